The van der Waals surface area contributed by atoms with Gasteiger partial charge in [0.05, 0.1) is 25.9 Å². The SMILES string of the molecule is Nc1ncnc2c1ncn2[C@@H]1O[C@H](COP(O)(=S)OCP(=O)(O)COP(=S)(S)OC[C@H]2O[C@@H](n3cnc4c(N)ncnc43)[C@H](O)[C@@H]2O)[C@@H](O)[C@H]1O. The first-order valence-corrected chi connectivity index (χ1v) is 22.8. The van der Waals surface area contributed by atoms with Crippen molar-refractivity contribution in [1.29, 1.82) is 0 Å². The number of thiol groups is 1. The molecule has 280 valence electrons. The number of ether oxygens (including phenoxy) is 2. The van der Waals surface area contributed by atoms with Gasteiger partial charge in [-0.3, -0.25) is 18.2 Å². The summed E-state index contributed by atoms with van der Waals surface area (Å²) in [7, 11) is -4.37. The average Bonchev–Trinajstić information content (AvgIpc) is 3.84. The highest BCUT2D eigenvalue weighted by molar-refractivity contribution is 8.60. The summed E-state index contributed by atoms with van der Waals surface area (Å²) < 4.78 is 48.0. The molecule has 2 aliphatic rings. The molecule has 6 heterocycles. The zero-order valence-corrected chi connectivity index (χ0v) is 30.8. The van der Waals surface area contributed by atoms with Crippen LogP contribution in [0.4, 0.5) is 11.6 Å². The first-order chi connectivity index (χ1) is 24.0. The summed E-state index contributed by atoms with van der Waals surface area (Å²) in [6.45, 7) is -5.21. The predicted octanol–water partition coefficient (Wildman–Crippen LogP) is -1.31. The fourth-order valence-electron chi connectivity index (χ4n) is 5.08. The number of aromatic nitrogens is 8. The quantitative estimate of drug-likeness (QED) is 0.0526. The van der Waals surface area contributed by atoms with Crippen LogP contribution in [0.3, 0.4) is 0 Å². The molecular formula is C22H31N10O13P3S3. The second kappa shape index (κ2) is 15.1. The fraction of sp³-hybridized carbons (Fsp3) is 0.545. The molecule has 2 saturated heterocycles. The summed E-state index contributed by atoms with van der Waals surface area (Å²) in [5.41, 5.74) is 9.04. The van der Waals surface area contributed by atoms with Gasteiger partial charge in [0.15, 0.2) is 35.4 Å². The predicted molar refractivity (Wildman–Crippen MR) is 185 cm³/mol. The highest BCUT2D eigenvalue weighted by atomic mass is 32.9. The van der Waals surface area contributed by atoms with Crippen LogP contribution in [0, 0.1) is 0 Å². The van der Waals surface area contributed by atoms with Gasteiger partial charge in [-0.2, -0.15) is 0 Å². The smallest absolute Gasteiger partial charge is 0.325 e. The maximum atomic E-state index is 12.8. The monoisotopic (exact) mass is 832 g/mol. The number of nitrogens with two attached hydrogens (primary N) is 2. The van der Waals surface area contributed by atoms with E-state index < -0.39 is 94.8 Å². The lowest BCUT2D eigenvalue weighted by Crippen LogP contribution is -2.33. The number of hydrogen-bond donors (Lipinski definition) is 9. The van der Waals surface area contributed by atoms with E-state index in [1.165, 1.54) is 34.4 Å². The number of nitrogens with zero attached hydrogens (tertiary/aromatic N) is 8. The molecule has 4 aromatic heterocycles. The number of nitrogen functional groups attached to an aromatic ring is 2. The van der Waals surface area contributed by atoms with E-state index in [4.69, 9.17) is 62.6 Å². The molecule has 0 aliphatic carbocycles. The number of fused-ring (bicyclic) bond motifs is 2. The Balaban J connectivity index is 0.965. The van der Waals surface area contributed by atoms with Crippen molar-refractivity contribution in [3.8, 4) is 0 Å². The number of imidazole rings is 2. The summed E-state index contributed by atoms with van der Waals surface area (Å²) in [5.74, 6) is 0.199. The van der Waals surface area contributed by atoms with Crippen molar-refractivity contribution >= 4 is 89.6 Å². The van der Waals surface area contributed by atoms with Gasteiger partial charge in [0.25, 0.3) is 7.37 Å². The van der Waals surface area contributed by atoms with Gasteiger partial charge in [0.1, 0.15) is 73.0 Å². The maximum Gasteiger partial charge on any atom is 0.325 e. The van der Waals surface area contributed by atoms with Crippen molar-refractivity contribution in [3.63, 3.8) is 0 Å². The van der Waals surface area contributed by atoms with Crippen molar-refractivity contribution in [1.82, 2.24) is 39.0 Å². The molecule has 2 aliphatic heterocycles. The van der Waals surface area contributed by atoms with E-state index in [0.717, 1.165) is 0 Å². The van der Waals surface area contributed by atoms with E-state index >= 15 is 0 Å². The van der Waals surface area contributed by atoms with Gasteiger partial charge in [0.2, 0.25) is 5.69 Å². The number of aliphatic hydroxyl groups is 4. The number of rotatable bonds is 14. The molecule has 0 bridgehead atoms. The molecule has 3 unspecified atom stereocenters. The Labute approximate surface area is 301 Å². The van der Waals surface area contributed by atoms with E-state index in [9.17, 15) is 34.8 Å². The highest BCUT2D eigenvalue weighted by Gasteiger charge is 2.46. The Kier molecular flexibility index (Phi) is 11.5. The van der Waals surface area contributed by atoms with Crippen molar-refractivity contribution in [2.45, 2.75) is 49.1 Å². The lowest BCUT2D eigenvalue weighted by Gasteiger charge is -2.23. The Morgan fingerprint density at radius 3 is 1.67 bits per heavy atom. The number of anilines is 2. The van der Waals surface area contributed by atoms with E-state index in [2.05, 4.69) is 42.2 Å². The standard InChI is InChI=1S/C22H31N10O13P3S3/c23-17-11-19(27-3-25-17)31(5-29-11)21-15(35)13(33)9(44-21)1-40-47(39,49)42-7-46(37,38)8-43-48(50,51)41-2-10-14(34)16(36)22(45-10)32-6-30-12-18(24)26-4-28-20(12)32/h3-6,9-10,13-16,21-22,33-36H,1-2,7-8H2,(H,37,38)(H,39,49)(H,50,51)(H2,23,25,27)(H2,24,26,28)/t9-,10-,13-,14-,15-,16-,21-,22-,47?/m1/s1. The molecule has 0 amide bonds. The Morgan fingerprint density at radius 1 is 0.725 bits per heavy atom. The minimum atomic E-state index is -4.37. The van der Waals surface area contributed by atoms with Gasteiger partial charge in [-0.15, -0.1) is 0 Å². The minimum absolute atomic E-state index is 0.0929. The highest BCUT2D eigenvalue weighted by Crippen LogP contribution is 2.59. The maximum absolute atomic E-state index is 12.8. The third kappa shape index (κ3) is 8.43. The third-order valence-corrected chi connectivity index (χ3v) is 12.9. The lowest BCUT2D eigenvalue weighted by molar-refractivity contribution is -0.0491. The average molecular weight is 833 g/mol. The fourth-order valence-corrected chi connectivity index (χ4v) is 10.5. The number of aliphatic hydroxyl groups excluding tert-OH is 4. The van der Waals surface area contributed by atoms with E-state index in [-0.39, 0.29) is 34.0 Å². The van der Waals surface area contributed by atoms with Crippen molar-refractivity contribution in [2.24, 2.45) is 0 Å². The molecule has 11 atom stereocenters. The van der Waals surface area contributed by atoms with E-state index in [1.54, 1.807) is 0 Å². The molecule has 0 spiro atoms. The van der Waals surface area contributed by atoms with Crippen LogP contribution in [0.1, 0.15) is 12.5 Å². The van der Waals surface area contributed by atoms with Crippen molar-refractivity contribution in [2.75, 3.05) is 37.4 Å². The van der Waals surface area contributed by atoms with Gasteiger partial charge in [0, 0.05) is 0 Å². The van der Waals surface area contributed by atoms with Crippen LogP contribution >= 0.6 is 32.0 Å². The van der Waals surface area contributed by atoms with E-state index in [0.29, 0.717) is 0 Å². The first-order valence-electron chi connectivity index (χ1n) is 14.4. The summed E-state index contributed by atoms with van der Waals surface area (Å²) in [4.78, 5) is 44.9. The molecule has 51 heavy (non-hydrogen) atoms. The van der Waals surface area contributed by atoms with Gasteiger partial charge in [-0.05, 0) is 23.6 Å². The summed E-state index contributed by atoms with van der Waals surface area (Å²) in [5, 5.41) is 42.3. The van der Waals surface area contributed by atoms with Crippen molar-refractivity contribution in [3.05, 3.63) is 25.3 Å². The van der Waals surface area contributed by atoms with Crippen LogP contribution in [0.5, 0.6) is 0 Å². The lowest BCUT2D eigenvalue weighted by atomic mass is 10.1. The topological polar surface area (TPSA) is 333 Å². The van der Waals surface area contributed by atoms with Crippen molar-refractivity contribution < 1.29 is 62.3 Å². The summed E-state index contributed by atoms with van der Waals surface area (Å²) >= 11 is 14.3. The molecule has 23 nitrogen and oxygen atoms in total. The molecule has 0 saturated carbocycles. The molecule has 10 N–H and O–H groups in total. The summed E-state index contributed by atoms with van der Waals surface area (Å²) in [6.07, 6.45) is -7.51. The zero-order chi connectivity index (χ0) is 36.9. The van der Waals surface area contributed by atoms with E-state index in [1.807, 2.05) is 0 Å². The van der Waals surface area contributed by atoms with Crippen LogP contribution in [-0.2, 0) is 55.7 Å². The molecule has 0 aromatic carbocycles. The molecule has 2 fully saturated rings. The van der Waals surface area contributed by atoms with Crippen LogP contribution in [0.25, 0.3) is 22.3 Å². The largest absolute Gasteiger partial charge is 0.387 e. The normalized spacial score (nSPS) is 30.4. The van der Waals surface area contributed by atoms with Gasteiger partial charge in [-0.25, -0.2) is 29.9 Å². The Morgan fingerprint density at radius 2 is 1.18 bits per heavy atom. The second-order valence-corrected chi connectivity index (χ2v) is 21.5. The Hall–Kier alpha value is -1.90. The van der Waals surface area contributed by atoms with Crippen LogP contribution < -0.4 is 11.5 Å². The van der Waals surface area contributed by atoms with Gasteiger partial charge in [-0.1, -0.05) is 12.2 Å². The minimum Gasteiger partial charge on any atom is -0.387 e. The number of hydrogen-bond acceptors (Lipinski definition) is 21. The Bertz CT molecular complexity index is 1910. The van der Waals surface area contributed by atoms with Crippen LogP contribution in [-0.4, -0.2) is 132 Å². The van der Waals surface area contributed by atoms with Crippen LogP contribution in [0.2, 0.25) is 0 Å². The third-order valence-electron chi connectivity index (χ3n) is 7.65. The molecule has 6 rings (SSSR count). The molecule has 29 heteroatoms. The van der Waals surface area contributed by atoms with Gasteiger partial charge < -0.3 is 64.7 Å². The van der Waals surface area contributed by atoms with Gasteiger partial charge >= 0.3 is 6.72 Å². The summed E-state index contributed by atoms with van der Waals surface area (Å²) in [6, 6.07) is 0. The second-order valence-electron chi connectivity index (χ2n) is 11.1. The zero-order valence-electron chi connectivity index (χ0n) is 25.6. The first kappa shape index (κ1) is 38.8. The molecular weight excluding hydrogens is 801 g/mol. The molecule has 4 aromatic rings. The molecule has 0 radical (unpaired) electrons. The van der Waals surface area contributed by atoms with Crippen LogP contribution in [0.15, 0.2) is 25.3 Å².